The summed E-state index contributed by atoms with van der Waals surface area (Å²) < 4.78 is 38.7. The van der Waals surface area contributed by atoms with Crippen LogP contribution in [0.25, 0.3) is 0 Å². The highest BCUT2D eigenvalue weighted by Gasteiger charge is 2.30. The van der Waals surface area contributed by atoms with E-state index in [1.54, 1.807) is 13.1 Å². The van der Waals surface area contributed by atoms with Crippen molar-refractivity contribution >= 4 is 11.9 Å². The first-order valence-corrected chi connectivity index (χ1v) is 10.8. The average molecular weight is 442 g/mol. The number of nitrogens with one attached hydrogen (secondary N) is 2. The number of carbonyl (C=O) groups excluding carboxylic acids is 1. The van der Waals surface area contributed by atoms with E-state index in [2.05, 4.69) is 20.5 Å². The summed E-state index contributed by atoms with van der Waals surface area (Å²) in [5, 5.41) is 6.47. The molecule has 1 aromatic carbocycles. The lowest BCUT2D eigenvalue weighted by Gasteiger charge is -2.31. The van der Waals surface area contributed by atoms with Crippen molar-refractivity contribution in [1.82, 2.24) is 15.5 Å². The minimum Gasteiger partial charge on any atom is -0.369 e. The van der Waals surface area contributed by atoms with Crippen molar-refractivity contribution in [3.8, 4) is 0 Å². The third kappa shape index (κ3) is 8.40. The number of carbonyl (C=O) groups is 1. The molecule has 9 heteroatoms. The molecule has 4 N–H and O–H groups in total. The fourth-order valence-corrected chi connectivity index (χ4v) is 3.82. The summed E-state index contributed by atoms with van der Waals surface area (Å²) in [6.07, 6.45) is -0.861. The van der Waals surface area contributed by atoms with Gasteiger partial charge in [0.1, 0.15) is 0 Å². The lowest BCUT2D eigenvalue weighted by Crippen LogP contribution is -2.43. The molecule has 2 unspecified atom stereocenters. The Morgan fingerprint density at radius 1 is 1.32 bits per heavy atom. The second kappa shape index (κ2) is 11.9. The number of halogens is 3. The Hall–Kier alpha value is -2.29. The van der Waals surface area contributed by atoms with Gasteiger partial charge in [-0.15, -0.1) is 0 Å². The van der Waals surface area contributed by atoms with Gasteiger partial charge in [-0.25, -0.2) is 0 Å². The number of guanidine groups is 1. The zero-order valence-corrected chi connectivity index (χ0v) is 18.3. The summed E-state index contributed by atoms with van der Waals surface area (Å²) in [6, 6.07) is 5.51. The lowest BCUT2D eigenvalue weighted by molar-refractivity contribution is -0.137. The largest absolute Gasteiger partial charge is 0.416 e. The van der Waals surface area contributed by atoms with Crippen LogP contribution < -0.4 is 16.4 Å². The standard InChI is InChI=1S/C22H34F3N5O/c1-16(17-6-3-8-19(14-17)22(23,24)25)9-11-29-21(27-2)28-10-5-13-30-12-4-7-18(15-30)20(26)31/h3,6,8,14,16,18H,4-5,7,9-13,15H2,1-2H3,(H2,26,31)(H2,27,28,29). The number of hydrogen-bond donors (Lipinski definition) is 3. The first-order valence-electron chi connectivity index (χ1n) is 10.8. The van der Waals surface area contributed by atoms with Crippen LogP contribution in [0, 0.1) is 5.92 Å². The number of likely N-dealkylation sites (tertiary alicyclic amines) is 1. The van der Waals surface area contributed by atoms with Crippen molar-refractivity contribution in [2.75, 3.05) is 39.8 Å². The molecule has 1 aliphatic rings. The summed E-state index contributed by atoms with van der Waals surface area (Å²) in [4.78, 5) is 17.8. The van der Waals surface area contributed by atoms with Crippen LogP contribution >= 0.6 is 0 Å². The fraction of sp³-hybridized carbons (Fsp3) is 0.636. The number of nitrogens with zero attached hydrogens (tertiary/aromatic N) is 2. The van der Waals surface area contributed by atoms with E-state index in [4.69, 9.17) is 5.73 Å². The molecule has 1 amide bonds. The first kappa shape index (κ1) is 25.0. The molecule has 1 aliphatic heterocycles. The monoisotopic (exact) mass is 441 g/mol. The van der Waals surface area contributed by atoms with Crippen molar-refractivity contribution in [1.29, 1.82) is 0 Å². The van der Waals surface area contributed by atoms with Crippen LogP contribution in [0.2, 0.25) is 0 Å². The van der Waals surface area contributed by atoms with Crippen LogP contribution in [-0.2, 0) is 11.0 Å². The van der Waals surface area contributed by atoms with Gasteiger partial charge in [-0.05, 0) is 56.3 Å². The lowest BCUT2D eigenvalue weighted by atomic mass is 9.96. The molecular weight excluding hydrogens is 407 g/mol. The Morgan fingerprint density at radius 2 is 2.06 bits per heavy atom. The van der Waals surface area contributed by atoms with Gasteiger partial charge in [0, 0.05) is 26.7 Å². The van der Waals surface area contributed by atoms with Crippen LogP contribution in [0.4, 0.5) is 13.2 Å². The fourth-order valence-electron chi connectivity index (χ4n) is 3.82. The number of benzene rings is 1. The molecule has 31 heavy (non-hydrogen) atoms. The maximum absolute atomic E-state index is 12.9. The second-order valence-electron chi connectivity index (χ2n) is 8.13. The maximum atomic E-state index is 12.9. The van der Waals surface area contributed by atoms with E-state index in [0.717, 1.165) is 51.5 Å². The Morgan fingerprint density at radius 3 is 2.74 bits per heavy atom. The van der Waals surface area contributed by atoms with Gasteiger partial charge in [0.15, 0.2) is 5.96 Å². The van der Waals surface area contributed by atoms with Crippen LogP contribution in [0.5, 0.6) is 0 Å². The maximum Gasteiger partial charge on any atom is 0.416 e. The molecule has 174 valence electrons. The Labute approximate surface area is 182 Å². The molecule has 6 nitrogen and oxygen atoms in total. The van der Waals surface area contributed by atoms with Crippen molar-refractivity contribution < 1.29 is 18.0 Å². The minimum atomic E-state index is -4.32. The summed E-state index contributed by atoms with van der Waals surface area (Å²) in [7, 11) is 1.69. The van der Waals surface area contributed by atoms with E-state index in [-0.39, 0.29) is 17.7 Å². The highest BCUT2D eigenvalue weighted by Crippen LogP contribution is 2.31. The number of primary amides is 1. The zero-order valence-electron chi connectivity index (χ0n) is 18.3. The Balaban J connectivity index is 1.67. The minimum absolute atomic E-state index is 0.00907. The summed E-state index contributed by atoms with van der Waals surface area (Å²) in [5.41, 5.74) is 5.48. The van der Waals surface area contributed by atoms with Gasteiger partial charge >= 0.3 is 6.18 Å². The van der Waals surface area contributed by atoms with Crippen molar-refractivity contribution in [2.45, 2.75) is 44.7 Å². The normalized spacial score (nSPS) is 19.1. The first-order chi connectivity index (χ1) is 14.7. The Kier molecular flexibility index (Phi) is 9.61. The average Bonchev–Trinajstić information content (AvgIpc) is 2.75. The summed E-state index contributed by atoms with van der Waals surface area (Å²) in [5.74, 6) is 0.400. The van der Waals surface area contributed by atoms with Crippen molar-refractivity contribution in [3.05, 3.63) is 35.4 Å². The van der Waals surface area contributed by atoms with E-state index >= 15 is 0 Å². The molecule has 1 saturated heterocycles. The quantitative estimate of drug-likeness (QED) is 0.313. The molecule has 0 aromatic heterocycles. The van der Waals surface area contributed by atoms with Gasteiger partial charge in [-0.3, -0.25) is 9.79 Å². The topological polar surface area (TPSA) is 82.8 Å². The van der Waals surface area contributed by atoms with Crippen LogP contribution in [-0.4, -0.2) is 56.5 Å². The van der Waals surface area contributed by atoms with E-state index < -0.39 is 11.7 Å². The molecule has 0 radical (unpaired) electrons. The molecule has 0 spiro atoms. The number of piperidine rings is 1. The second-order valence-corrected chi connectivity index (χ2v) is 8.13. The highest BCUT2D eigenvalue weighted by atomic mass is 19.4. The predicted molar refractivity (Wildman–Crippen MR) is 117 cm³/mol. The van der Waals surface area contributed by atoms with E-state index in [1.807, 2.05) is 6.92 Å². The number of alkyl halides is 3. The van der Waals surface area contributed by atoms with E-state index in [1.165, 1.54) is 12.1 Å². The molecule has 0 bridgehead atoms. The van der Waals surface area contributed by atoms with E-state index in [0.29, 0.717) is 24.5 Å². The molecule has 2 atom stereocenters. The van der Waals surface area contributed by atoms with Crippen molar-refractivity contribution in [3.63, 3.8) is 0 Å². The third-order valence-electron chi connectivity index (χ3n) is 5.73. The molecule has 1 aromatic rings. The van der Waals surface area contributed by atoms with Crippen LogP contribution in [0.3, 0.4) is 0 Å². The van der Waals surface area contributed by atoms with Gasteiger partial charge in [-0.2, -0.15) is 13.2 Å². The number of aliphatic imine (C=N–C) groups is 1. The third-order valence-corrected chi connectivity index (χ3v) is 5.73. The van der Waals surface area contributed by atoms with Gasteiger partial charge in [-0.1, -0.05) is 25.1 Å². The molecule has 0 saturated carbocycles. The van der Waals surface area contributed by atoms with Gasteiger partial charge in [0.2, 0.25) is 5.91 Å². The number of amides is 1. The summed E-state index contributed by atoms with van der Waals surface area (Å²) >= 11 is 0. The molecule has 1 heterocycles. The van der Waals surface area contributed by atoms with Gasteiger partial charge in [0.05, 0.1) is 11.5 Å². The van der Waals surface area contributed by atoms with Gasteiger partial charge < -0.3 is 21.3 Å². The molecular formula is C22H34F3N5O. The summed E-state index contributed by atoms with van der Waals surface area (Å²) in [6.45, 7) is 5.87. The number of nitrogens with two attached hydrogens (primary N) is 1. The molecule has 0 aliphatic carbocycles. The predicted octanol–water partition coefficient (Wildman–Crippen LogP) is 2.95. The van der Waals surface area contributed by atoms with Crippen LogP contribution in [0.1, 0.15) is 49.7 Å². The molecule has 1 fully saturated rings. The number of rotatable bonds is 9. The van der Waals surface area contributed by atoms with Crippen molar-refractivity contribution in [2.24, 2.45) is 16.6 Å². The van der Waals surface area contributed by atoms with Crippen LogP contribution in [0.15, 0.2) is 29.3 Å². The van der Waals surface area contributed by atoms with Gasteiger partial charge in [0.25, 0.3) is 0 Å². The smallest absolute Gasteiger partial charge is 0.369 e. The SMILES string of the molecule is CN=C(NCCCN1CCCC(C(N)=O)C1)NCCC(C)c1cccc(C(F)(F)F)c1. The van der Waals surface area contributed by atoms with E-state index in [9.17, 15) is 18.0 Å². The highest BCUT2D eigenvalue weighted by molar-refractivity contribution is 5.79. The molecule has 2 rings (SSSR count). The zero-order chi connectivity index (χ0) is 22.9. The number of hydrogen-bond acceptors (Lipinski definition) is 3. The Bertz CT molecular complexity index is 738.